The molecule has 4 heterocycles. The molecule has 4 aromatic heterocycles. The number of aromatic nitrogens is 2. The second-order valence-corrected chi connectivity index (χ2v) is 15.1. The van der Waals surface area contributed by atoms with E-state index in [1.54, 1.807) is 11.3 Å². The average molecular weight is 653 g/mol. The van der Waals surface area contributed by atoms with E-state index in [0.717, 1.165) is 23.9 Å². The van der Waals surface area contributed by atoms with Gasteiger partial charge in [0, 0.05) is 35.5 Å². The SMILES string of the molecule is CCCCCCc1cc(-c2ccccc2)sc1/C=C/c1sc(-c2ccc(-c3cccs3)c3nsnc23)cc1CCCCCC. The van der Waals surface area contributed by atoms with Crippen LogP contribution in [0, 0.1) is 0 Å². The number of benzene rings is 2. The maximum absolute atomic E-state index is 4.79. The van der Waals surface area contributed by atoms with E-state index >= 15 is 0 Å². The standard InChI is InChI=1S/C38H40N2S4/c1-3-5-7-10-17-28-25-35(27-15-12-9-13-16-27)42-32(28)22-23-33-29(18-11-8-6-4-2)26-36(43-33)31-21-20-30(34-19-14-24-41-34)37-38(31)40-44-39-37/h9,12-16,19-26H,3-8,10-11,17-18H2,1-2H3/b23-22+. The lowest BCUT2D eigenvalue weighted by Crippen LogP contribution is -1.87. The molecule has 0 spiro atoms. The van der Waals surface area contributed by atoms with Crippen LogP contribution in [-0.2, 0) is 12.8 Å². The van der Waals surface area contributed by atoms with Gasteiger partial charge < -0.3 is 0 Å². The van der Waals surface area contributed by atoms with Gasteiger partial charge in [-0.3, -0.25) is 0 Å². The van der Waals surface area contributed by atoms with Gasteiger partial charge in [0.15, 0.2) is 0 Å². The largest absolute Gasteiger partial charge is 0.172 e. The highest BCUT2D eigenvalue weighted by molar-refractivity contribution is 7.17. The first-order valence-electron chi connectivity index (χ1n) is 16.0. The minimum Gasteiger partial charge on any atom is -0.172 e. The van der Waals surface area contributed by atoms with E-state index < -0.39 is 0 Å². The second kappa shape index (κ2) is 15.4. The van der Waals surface area contributed by atoms with E-state index in [0.29, 0.717) is 0 Å². The van der Waals surface area contributed by atoms with Crippen LogP contribution in [0.5, 0.6) is 0 Å². The van der Waals surface area contributed by atoms with Crippen molar-refractivity contribution in [3.8, 4) is 31.3 Å². The molecule has 0 N–H and O–H groups in total. The molecule has 2 aromatic carbocycles. The van der Waals surface area contributed by atoms with Crippen LogP contribution in [0.2, 0.25) is 0 Å². The third-order valence-corrected chi connectivity index (χ3v) is 12.0. The zero-order valence-corrected chi connectivity index (χ0v) is 28.9. The van der Waals surface area contributed by atoms with Gasteiger partial charge in [0.25, 0.3) is 0 Å². The summed E-state index contributed by atoms with van der Waals surface area (Å²) >= 11 is 6.92. The molecule has 6 aromatic rings. The summed E-state index contributed by atoms with van der Waals surface area (Å²) in [6.45, 7) is 4.57. The highest BCUT2D eigenvalue weighted by atomic mass is 32.1. The molecule has 0 saturated heterocycles. The minimum atomic E-state index is 1.02. The first kappa shape index (κ1) is 31.1. The summed E-state index contributed by atoms with van der Waals surface area (Å²) in [6.07, 6.45) is 17.3. The Hall–Kier alpha value is -2.90. The fraction of sp³-hybridized carbons (Fsp3) is 0.316. The predicted octanol–water partition coefficient (Wildman–Crippen LogP) is 13.3. The first-order chi connectivity index (χ1) is 21.7. The van der Waals surface area contributed by atoms with Crippen molar-refractivity contribution in [1.29, 1.82) is 0 Å². The Balaban J connectivity index is 1.34. The fourth-order valence-electron chi connectivity index (χ4n) is 5.77. The van der Waals surface area contributed by atoms with E-state index in [9.17, 15) is 0 Å². The third kappa shape index (κ3) is 7.31. The van der Waals surface area contributed by atoms with Crippen molar-refractivity contribution >= 4 is 68.9 Å². The number of hydrogen-bond acceptors (Lipinski definition) is 6. The van der Waals surface area contributed by atoms with Crippen LogP contribution < -0.4 is 0 Å². The molecule has 0 bridgehead atoms. The van der Waals surface area contributed by atoms with Gasteiger partial charge in [-0.15, -0.1) is 34.0 Å². The molecule has 0 atom stereocenters. The topological polar surface area (TPSA) is 25.8 Å². The highest BCUT2D eigenvalue weighted by Crippen LogP contribution is 2.41. The van der Waals surface area contributed by atoms with E-state index in [1.165, 1.54) is 115 Å². The van der Waals surface area contributed by atoms with Crippen LogP contribution in [0.25, 0.3) is 54.5 Å². The van der Waals surface area contributed by atoms with Crippen LogP contribution in [0.1, 0.15) is 86.1 Å². The van der Waals surface area contributed by atoms with Gasteiger partial charge in [0.1, 0.15) is 11.0 Å². The zero-order valence-electron chi connectivity index (χ0n) is 25.7. The number of thiophene rings is 3. The molecule has 44 heavy (non-hydrogen) atoms. The van der Waals surface area contributed by atoms with Crippen molar-refractivity contribution in [2.75, 3.05) is 0 Å². The Morgan fingerprint density at radius 2 is 1.18 bits per heavy atom. The lowest BCUT2D eigenvalue weighted by Gasteiger charge is -2.03. The van der Waals surface area contributed by atoms with E-state index in [4.69, 9.17) is 8.75 Å². The van der Waals surface area contributed by atoms with Crippen LogP contribution in [-0.4, -0.2) is 8.75 Å². The van der Waals surface area contributed by atoms with Crippen molar-refractivity contribution < 1.29 is 0 Å². The molecule has 0 saturated carbocycles. The first-order valence-corrected chi connectivity index (χ1v) is 19.3. The van der Waals surface area contributed by atoms with E-state index in [2.05, 4.69) is 98.1 Å². The van der Waals surface area contributed by atoms with Crippen molar-refractivity contribution in [1.82, 2.24) is 8.75 Å². The predicted molar refractivity (Wildman–Crippen MR) is 198 cm³/mol. The molecular formula is C38H40N2S4. The molecule has 0 amide bonds. The summed E-state index contributed by atoms with van der Waals surface area (Å²) in [5.41, 5.74) is 8.69. The van der Waals surface area contributed by atoms with Crippen LogP contribution in [0.15, 0.2) is 72.1 Å². The molecular weight excluding hydrogens is 613 g/mol. The number of fused-ring (bicyclic) bond motifs is 1. The Bertz CT molecular complexity index is 1790. The zero-order chi connectivity index (χ0) is 30.1. The van der Waals surface area contributed by atoms with Gasteiger partial charge in [-0.05, 0) is 78.1 Å². The van der Waals surface area contributed by atoms with Crippen molar-refractivity contribution in [3.05, 3.63) is 93.0 Å². The fourth-order valence-corrected chi connectivity index (χ4v) is 9.36. The molecule has 6 rings (SSSR count). The Kier molecular flexibility index (Phi) is 10.9. The summed E-state index contributed by atoms with van der Waals surface area (Å²) in [6, 6.07) is 24.5. The summed E-state index contributed by atoms with van der Waals surface area (Å²) in [5.74, 6) is 0. The molecule has 0 aliphatic carbocycles. The van der Waals surface area contributed by atoms with Gasteiger partial charge in [0.2, 0.25) is 0 Å². The summed E-state index contributed by atoms with van der Waals surface area (Å²) in [4.78, 5) is 6.69. The number of rotatable bonds is 15. The molecule has 2 nitrogen and oxygen atoms in total. The molecule has 0 fully saturated rings. The van der Waals surface area contributed by atoms with Gasteiger partial charge >= 0.3 is 0 Å². The number of aryl methyl sites for hydroxylation is 2. The monoisotopic (exact) mass is 652 g/mol. The summed E-state index contributed by atoms with van der Waals surface area (Å²) in [7, 11) is 0. The lowest BCUT2D eigenvalue weighted by molar-refractivity contribution is 0.667. The van der Waals surface area contributed by atoms with Crippen LogP contribution in [0.4, 0.5) is 0 Å². The second-order valence-electron chi connectivity index (χ2n) is 11.4. The molecule has 0 unspecified atom stereocenters. The lowest BCUT2D eigenvalue weighted by atomic mass is 10.0. The Morgan fingerprint density at radius 1 is 0.591 bits per heavy atom. The van der Waals surface area contributed by atoms with Crippen molar-refractivity contribution in [3.63, 3.8) is 0 Å². The minimum absolute atomic E-state index is 1.02. The summed E-state index contributed by atoms with van der Waals surface area (Å²) < 4.78 is 9.53. The quantitative estimate of drug-likeness (QED) is 0.103. The normalized spacial score (nSPS) is 11.8. The van der Waals surface area contributed by atoms with Gasteiger partial charge in [0.05, 0.1) is 11.7 Å². The van der Waals surface area contributed by atoms with Crippen molar-refractivity contribution in [2.24, 2.45) is 0 Å². The van der Waals surface area contributed by atoms with Gasteiger partial charge in [-0.25, -0.2) is 0 Å². The molecule has 0 radical (unpaired) electrons. The molecule has 0 aliphatic heterocycles. The van der Waals surface area contributed by atoms with Crippen molar-refractivity contribution in [2.45, 2.75) is 78.1 Å². The molecule has 226 valence electrons. The smallest absolute Gasteiger partial charge is 0.114 e. The van der Waals surface area contributed by atoms with Crippen LogP contribution in [0.3, 0.4) is 0 Å². The van der Waals surface area contributed by atoms with Crippen LogP contribution >= 0.6 is 45.7 Å². The van der Waals surface area contributed by atoms with E-state index in [-0.39, 0.29) is 0 Å². The van der Waals surface area contributed by atoms with E-state index in [1.807, 2.05) is 22.7 Å². The molecule has 6 heteroatoms. The molecule has 0 aliphatic rings. The summed E-state index contributed by atoms with van der Waals surface area (Å²) in [5, 5.41) is 2.13. The average Bonchev–Trinajstić information content (AvgIpc) is 3.88. The highest BCUT2D eigenvalue weighted by Gasteiger charge is 2.17. The maximum Gasteiger partial charge on any atom is 0.114 e. The third-order valence-electron chi connectivity index (χ3n) is 8.19. The number of nitrogens with zero attached hydrogens (tertiary/aromatic N) is 2. The maximum atomic E-state index is 4.79. The number of hydrogen-bond donors (Lipinski definition) is 0. The number of unbranched alkanes of at least 4 members (excludes halogenated alkanes) is 6. The Labute approximate surface area is 278 Å². The van der Waals surface area contributed by atoms with Gasteiger partial charge in [-0.1, -0.05) is 101 Å². The van der Waals surface area contributed by atoms with Gasteiger partial charge in [-0.2, -0.15) is 8.75 Å². The Morgan fingerprint density at radius 3 is 1.77 bits per heavy atom.